The highest BCUT2D eigenvalue weighted by Crippen LogP contribution is 2.67. The quantitative estimate of drug-likeness (QED) is 0.157. The van der Waals surface area contributed by atoms with Gasteiger partial charge in [-0.1, -0.05) is 224 Å². The maximum Gasteiger partial charge on any atom is 0.0728 e. The number of fused-ring (bicyclic) bond motifs is 8. The summed E-state index contributed by atoms with van der Waals surface area (Å²) in [6, 6.07) is 84.4. The van der Waals surface area contributed by atoms with Crippen LogP contribution in [0.15, 0.2) is 254 Å². The van der Waals surface area contributed by atoms with Crippen molar-refractivity contribution in [2.45, 2.75) is 26.9 Å². The third kappa shape index (κ3) is 5.15. The van der Waals surface area contributed by atoms with Crippen LogP contribution in [0.1, 0.15) is 56.0 Å². The molecule has 0 saturated heterocycles. The van der Waals surface area contributed by atoms with E-state index >= 15 is 0 Å². The first-order valence-corrected chi connectivity index (χ1v) is 23.3. The molecule has 0 N–H and O–H groups in total. The van der Waals surface area contributed by atoms with Gasteiger partial charge in [-0.2, -0.15) is 0 Å². The molecule has 0 aromatic heterocycles. The SMILES string of the molecule is C1=CC2Sc3c(cccc3N(c3ccc(-c4ccccc4)cc3)c3ccccc3C3(c4ccccc4)c4ccccc4C4(c5ccccc5)c5ccccc5-c5cccc3c54)C2C=C1. The number of rotatable bonds is 7. The van der Waals surface area contributed by atoms with Crippen LogP contribution in [0.25, 0.3) is 22.3 Å². The summed E-state index contributed by atoms with van der Waals surface area (Å²) < 4.78 is 0. The molecule has 13 rings (SSSR count). The number of hydrogen-bond acceptors (Lipinski definition) is 2. The Bertz CT molecular complexity index is 3320. The molecule has 2 heteroatoms. The molecule has 0 amide bonds. The predicted molar refractivity (Wildman–Crippen MR) is 266 cm³/mol. The first kappa shape index (κ1) is 37.2. The average Bonchev–Trinajstić information content (AvgIpc) is 3.91. The smallest absolute Gasteiger partial charge is 0.0728 e. The van der Waals surface area contributed by atoms with Crippen molar-refractivity contribution in [1.82, 2.24) is 0 Å². The molecular weight excluding hydrogens is 791 g/mol. The summed E-state index contributed by atoms with van der Waals surface area (Å²) in [4.78, 5) is 3.91. The van der Waals surface area contributed by atoms with Crippen LogP contribution in [0.5, 0.6) is 0 Å². The normalized spacial score (nSPS) is 20.4. The van der Waals surface area contributed by atoms with E-state index in [-0.39, 0.29) is 0 Å². The van der Waals surface area contributed by atoms with Gasteiger partial charge in [-0.3, -0.25) is 0 Å². The highest BCUT2D eigenvalue weighted by atomic mass is 32.2. The van der Waals surface area contributed by atoms with E-state index in [0.717, 1.165) is 11.4 Å². The number of para-hydroxylation sites is 1. The Balaban J connectivity index is 1.14. The van der Waals surface area contributed by atoms with Gasteiger partial charge in [-0.05, 0) is 96.6 Å². The molecule has 302 valence electrons. The lowest BCUT2D eigenvalue weighted by atomic mass is 9.51. The number of thioether (sulfide) groups is 1. The number of anilines is 3. The van der Waals surface area contributed by atoms with Gasteiger partial charge in [0.1, 0.15) is 0 Å². The fraction of sp³-hybridized carbons (Fsp3) is 0.0645. The second-order valence-corrected chi connectivity index (χ2v) is 18.6. The monoisotopic (exact) mass is 833 g/mol. The highest BCUT2D eigenvalue weighted by molar-refractivity contribution is 8.00. The summed E-state index contributed by atoms with van der Waals surface area (Å²) in [6.07, 6.45) is 9.19. The first-order chi connectivity index (χ1) is 31.8. The van der Waals surface area contributed by atoms with Crippen molar-refractivity contribution < 1.29 is 0 Å². The average molecular weight is 834 g/mol. The summed E-state index contributed by atoms with van der Waals surface area (Å²) in [5, 5.41) is 0.360. The van der Waals surface area contributed by atoms with Gasteiger partial charge in [0.15, 0.2) is 0 Å². The molecule has 4 atom stereocenters. The van der Waals surface area contributed by atoms with Gasteiger partial charge < -0.3 is 4.90 Å². The molecular formula is C62H43NS. The largest absolute Gasteiger partial charge is 0.309 e. The van der Waals surface area contributed by atoms with Gasteiger partial charge in [0.25, 0.3) is 0 Å². The molecule has 1 heterocycles. The van der Waals surface area contributed by atoms with Crippen molar-refractivity contribution in [2.24, 2.45) is 0 Å². The first-order valence-electron chi connectivity index (χ1n) is 22.4. The van der Waals surface area contributed by atoms with Crippen LogP contribution in [0.2, 0.25) is 0 Å². The molecule has 9 aromatic carbocycles. The van der Waals surface area contributed by atoms with Crippen LogP contribution in [0.4, 0.5) is 17.1 Å². The van der Waals surface area contributed by atoms with Gasteiger partial charge in [-0.25, -0.2) is 0 Å². The van der Waals surface area contributed by atoms with E-state index in [1.165, 1.54) is 82.9 Å². The van der Waals surface area contributed by atoms with E-state index in [1.54, 1.807) is 0 Å². The van der Waals surface area contributed by atoms with E-state index in [2.05, 4.69) is 254 Å². The minimum absolute atomic E-state index is 0.336. The van der Waals surface area contributed by atoms with Crippen LogP contribution >= 0.6 is 11.8 Å². The molecule has 0 bridgehead atoms. The molecule has 3 aliphatic carbocycles. The lowest BCUT2D eigenvalue weighted by Gasteiger charge is -2.50. The van der Waals surface area contributed by atoms with Crippen molar-refractivity contribution >= 4 is 28.8 Å². The van der Waals surface area contributed by atoms with E-state index in [9.17, 15) is 0 Å². The molecule has 4 aliphatic rings. The van der Waals surface area contributed by atoms with Gasteiger partial charge in [0, 0.05) is 21.8 Å². The van der Waals surface area contributed by atoms with Crippen molar-refractivity contribution in [2.75, 3.05) is 4.90 Å². The van der Waals surface area contributed by atoms with Crippen LogP contribution in [0.3, 0.4) is 0 Å². The Morgan fingerprint density at radius 1 is 0.375 bits per heavy atom. The molecule has 0 saturated carbocycles. The third-order valence-electron chi connectivity index (χ3n) is 14.4. The van der Waals surface area contributed by atoms with Gasteiger partial charge in [0.2, 0.25) is 0 Å². The Labute approximate surface area is 379 Å². The summed E-state index contributed by atoms with van der Waals surface area (Å²) in [5.74, 6) is 0.336. The number of nitrogens with zero attached hydrogens (tertiary/aromatic N) is 1. The second kappa shape index (κ2) is 14.6. The van der Waals surface area contributed by atoms with E-state index in [1.807, 2.05) is 11.8 Å². The summed E-state index contributed by atoms with van der Waals surface area (Å²) in [7, 11) is 0. The third-order valence-corrected chi connectivity index (χ3v) is 15.8. The predicted octanol–water partition coefficient (Wildman–Crippen LogP) is 15.6. The topological polar surface area (TPSA) is 3.24 Å². The van der Waals surface area contributed by atoms with Crippen LogP contribution in [0, 0.1) is 0 Å². The molecule has 1 aliphatic heterocycles. The summed E-state index contributed by atoms with van der Waals surface area (Å²) >= 11 is 2.00. The molecule has 0 fully saturated rings. The van der Waals surface area contributed by atoms with E-state index in [4.69, 9.17) is 0 Å². The highest BCUT2D eigenvalue weighted by Gasteiger charge is 2.58. The fourth-order valence-corrected chi connectivity index (χ4v) is 13.3. The summed E-state index contributed by atoms with van der Waals surface area (Å²) in [6.45, 7) is 0. The lowest BCUT2D eigenvalue weighted by Crippen LogP contribution is -2.44. The maximum atomic E-state index is 2.57. The Hall–Kier alpha value is -7.39. The van der Waals surface area contributed by atoms with Crippen LogP contribution in [-0.4, -0.2) is 5.25 Å². The molecule has 64 heavy (non-hydrogen) atoms. The Kier molecular flexibility index (Phi) is 8.48. The van der Waals surface area contributed by atoms with Crippen molar-refractivity contribution in [3.8, 4) is 22.3 Å². The Morgan fingerprint density at radius 2 is 0.906 bits per heavy atom. The number of benzene rings is 9. The zero-order valence-corrected chi connectivity index (χ0v) is 36.0. The van der Waals surface area contributed by atoms with E-state index in [0.29, 0.717) is 11.2 Å². The van der Waals surface area contributed by atoms with Crippen LogP contribution < -0.4 is 4.90 Å². The second-order valence-electron chi connectivity index (χ2n) is 17.4. The molecule has 1 nitrogen and oxygen atoms in total. The zero-order valence-electron chi connectivity index (χ0n) is 35.2. The standard InChI is InChI=1S/C62H43NS/c1-4-20-42(21-5-1)43-38-40-46(41-39-43)63(57-36-19-29-50-48-27-11-17-37-58(48)64-60(50)57)56-35-16-15-33-54(56)61(44-22-6-2-7-23-44)52-31-13-14-32-53(52)62(45-24-8-3-9-25-45)51-30-12-10-26-47(51)49-28-18-34-55(61)59(49)62/h1-41,48,58H. The molecule has 0 radical (unpaired) electrons. The minimum atomic E-state index is -0.715. The van der Waals surface area contributed by atoms with Gasteiger partial charge >= 0.3 is 0 Å². The number of allylic oxidation sites excluding steroid dienone is 3. The Morgan fingerprint density at radius 3 is 1.66 bits per heavy atom. The van der Waals surface area contributed by atoms with Crippen molar-refractivity contribution in [1.29, 1.82) is 0 Å². The van der Waals surface area contributed by atoms with Crippen LogP contribution in [-0.2, 0) is 10.8 Å². The zero-order chi connectivity index (χ0) is 42.2. The minimum Gasteiger partial charge on any atom is -0.309 e. The molecule has 0 spiro atoms. The van der Waals surface area contributed by atoms with E-state index < -0.39 is 10.8 Å². The van der Waals surface area contributed by atoms with Crippen molar-refractivity contribution in [3.63, 3.8) is 0 Å². The van der Waals surface area contributed by atoms with Crippen molar-refractivity contribution in [3.05, 3.63) is 299 Å². The number of hydrogen-bond donors (Lipinski definition) is 0. The lowest BCUT2D eigenvalue weighted by molar-refractivity contribution is 0.627. The van der Waals surface area contributed by atoms with Gasteiger partial charge in [0.05, 0.1) is 22.2 Å². The molecule has 9 aromatic rings. The summed E-state index contributed by atoms with van der Waals surface area (Å²) in [5.41, 5.74) is 19.1. The maximum absolute atomic E-state index is 2.57. The molecule has 4 unspecified atom stereocenters. The van der Waals surface area contributed by atoms with Gasteiger partial charge in [-0.15, -0.1) is 11.8 Å². The fourth-order valence-electron chi connectivity index (χ4n) is 11.9.